The lowest BCUT2D eigenvalue weighted by atomic mass is 9.92. The molecule has 0 amide bonds. The largest absolute Gasteiger partial charge is 0.0741 e. The number of hydrogen-bond donors (Lipinski definition) is 0. The first-order chi connectivity index (χ1) is 5.61. The van der Waals surface area contributed by atoms with Gasteiger partial charge in [0.1, 0.15) is 0 Å². The summed E-state index contributed by atoms with van der Waals surface area (Å²) in [5.41, 5.74) is 6.45. The van der Waals surface area contributed by atoms with Crippen LogP contribution in [-0.2, 0) is 0 Å². The predicted octanol–water partition coefficient (Wildman–Crippen LogP) is 4.23. The molecule has 68 valence electrons. The van der Waals surface area contributed by atoms with E-state index in [1.807, 2.05) is 0 Å². The summed E-state index contributed by atoms with van der Waals surface area (Å²) in [6, 6.07) is 0. The Labute approximate surface area is 76.4 Å². The molecule has 0 saturated heterocycles. The number of rotatable bonds is 0. The molecule has 1 aliphatic carbocycles. The van der Waals surface area contributed by atoms with Crippen LogP contribution in [0, 0.1) is 0 Å². The topological polar surface area (TPSA) is 0 Å². The van der Waals surface area contributed by atoms with Gasteiger partial charge in [-0.25, -0.2) is 0 Å². The van der Waals surface area contributed by atoms with Crippen LogP contribution in [0.15, 0.2) is 22.3 Å². The van der Waals surface area contributed by atoms with Gasteiger partial charge in [-0.1, -0.05) is 22.3 Å². The van der Waals surface area contributed by atoms with Gasteiger partial charge in [0.05, 0.1) is 0 Å². The fraction of sp³-hybridized carbons (Fsp3) is 0.667. The molecule has 0 spiro atoms. The molecular formula is C12H20. The van der Waals surface area contributed by atoms with Crippen LogP contribution in [0.1, 0.15) is 53.4 Å². The van der Waals surface area contributed by atoms with Gasteiger partial charge in [0.25, 0.3) is 0 Å². The molecule has 0 radical (unpaired) electrons. The third-order valence-electron chi connectivity index (χ3n) is 3.21. The van der Waals surface area contributed by atoms with Crippen LogP contribution in [0.4, 0.5) is 0 Å². The van der Waals surface area contributed by atoms with Gasteiger partial charge in [0.15, 0.2) is 0 Å². The van der Waals surface area contributed by atoms with Crippen LogP contribution in [0.25, 0.3) is 0 Å². The highest BCUT2D eigenvalue weighted by molar-refractivity contribution is 5.19. The minimum atomic E-state index is 1.27. The average Bonchev–Trinajstić information content (AvgIpc) is 2.07. The fourth-order valence-electron chi connectivity index (χ4n) is 1.60. The van der Waals surface area contributed by atoms with Crippen molar-refractivity contribution in [3.05, 3.63) is 22.3 Å². The molecule has 0 aromatic rings. The van der Waals surface area contributed by atoms with E-state index in [2.05, 4.69) is 27.7 Å². The van der Waals surface area contributed by atoms with Gasteiger partial charge >= 0.3 is 0 Å². The van der Waals surface area contributed by atoms with Gasteiger partial charge in [-0.2, -0.15) is 0 Å². The van der Waals surface area contributed by atoms with E-state index in [9.17, 15) is 0 Å². The molecule has 0 N–H and O–H groups in total. The van der Waals surface area contributed by atoms with Crippen LogP contribution in [0.2, 0.25) is 0 Å². The molecule has 0 saturated carbocycles. The maximum atomic E-state index is 2.28. The molecule has 0 aliphatic heterocycles. The molecular weight excluding hydrogens is 144 g/mol. The summed E-state index contributed by atoms with van der Waals surface area (Å²) in [5.74, 6) is 0. The second-order valence-electron chi connectivity index (χ2n) is 4.12. The van der Waals surface area contributed by atoms with Crippen molar-refractivity contribution < 1.29 is 0 Å². The lowest BCUT2D eigenvalue weighted by Gasteiger charge is -2.15. The van der Waals surface area contributed by atoms with Crippen LogP contribution in [0.5, 0.6) is 0 Å². The number of hydrogen-bond acceptors (Lipinski definition) is 0. The minimum Gasteiger partial charge on any atom is -0.0741 e. The van der Waals surface area contributed by atoms with Gasteiger partial charge < -0.3 is 0 Å². The molecule has 0 heterocycles. The summed E-state index contributed by atoms with van der Waals surface area (Å²) < 4.78 is 0. The lowest BCUT2D eigenvalue weighted by molar-refractivity contribution is 0.800. The van der Waals surface area contributed by atoms with E-state index in [1.54, 1.807) is 22.3 Å². The van der Waals surface area contributed by atoms with Gasteiger partial charge in [-0.05, 0) is 53.4 Å². The Kier molecular flexibility index (Phi) is 3.13. The first-order valence-electron chi connectivity index (χ1n) is 4.91. The maximum absolute atomic E-state index is 2.28. The van der Waals surface area contributed by atoms with Crippen molar-refractivity contribution in [2.45, 2.75) is 53.4 Å². The maximum Gasteiger partial charge on any atom is -0.0283 e. The van der Waals surface area contributed by atoms with Crippen molar-refractivity contribution >= 4 is 0 Å². The minimum absolute atomic E-state index is 1.27. The first kappa shape index (κ1) is 9.57. The fourth-order valence-corrected chi connectivity index (χ4v) is 1.60. The van der Waals surface area contributed by atoms with Crippen molar-refractivity contribution in [3.63, 3.8) is 0 Å². The summed E-state index contributed by atoms with van der Waals surface area (Å²) in [5, 5.41) is 0. The highest BCUT2D eigenvalue weighted by Gasteiger charge is 2.05. The second kappa shape index (κ2) is 3.93. The Morgan fingerprint density at radius 1 is 0.500 bits per heavy atom. The van der Waals surface area contributed by atoms with Crippen LogP contribution < -0.4 is 0 Å². The van der Waals surface area contributed by atoms with Crippen molar-refractivity contribution in [2.75, 3.05) is 0 Å². The molecule has 0 aromatic heterocycles. The molecule has 0 atom stereocenters. The van der Waals surface area contributed by atoms with Gasteiger partial charge in [-0.15, -0.1) is 0 Å². The molecule has 12 heavy (non-hydrogen) atoms. The Bertz CT molecular complexity index is 178. The van der Waals surface area contributed by atoms with Crippen molar-refractivity contribution in [1.29, 1.82) is 0 Å². The summed E-state index contributed by atoms with van der Waals surface area (Å²) >= 11 is 0. The standard InChI is InChI=1S/C12H20/c1-9-5-6-11(3)12(4)8-7-10(9)2/h5-8H2,1-4H3/b10-9-,12-11-. The summed E-state index contributed by atoms with van der Waals surface area (Å²) in [4.78, 5) is 0. The van der Waals surface area contributed by atoms with Crippen molar-refractivity contribution in [3.8, 4) is 0 Å². The molecule has 1 rings (SSSR count). The molecule has 0 bridgehead atoms. The van der Waals surface area contributed by atoms with Gasteiger partial charge in [0, 0.05) is 0 Å². The first-order valence-corrected chi connectivity index (χ1v) is 4.91. The smallest absolute Gasteiger partial charge is 0.0283 e. The molecule has 0 unspecified atom stereocenters. The molecule has 1 aliphatic rings. The zero-order chi connectivity index (χ0) is 9.14. The molecule has 0 nitrogen and oxygen atoms in total. The zero-order valence-electron chi connectivity index (χ0n) is 8.83. The van der Waals surface area contributed by atoms with Crippen molar-refractivity contribution in [1.82, 2.24) is 0 Å². The average molecular weight is 164 g/mol. The summed E-state index contributed by atoms with van der Waals surface area (Å²) in [6.07, 6.45) is 5.09. The number of allylic oxidation sites excluding steroid dienone is 4. The monoisotopic (exact) mass is 164 g/mol. The van der Waals surface area contributed by atoms with Gasteiger partial charge in [0.2, 0.25) is 0 Å². The van der Waals surface area contributed by atoms with E-state index in [0.717, 1.165) is 0 Å². The van der Waals surface area contributed by atoms with E-state index in [0.29, 0.717) is 0 Å². The summed E-state index contributed by atoms with van der Waals surface area (Å²) in [7, 11) is 0. The Hall–Kier alpha value is -0.520. The highest BCUT2D eigenvalue weighted by atomic mass is 14.1. The van der Waals surface area contributed by atoms with E-state index in [1.165, 1.54) is 25.7 Å². The molecule has 0 heteroatoms. The van der Waals surface area contributed by atoms with Crippen molar-refractivity contribution in [2.24, 2.45) is 0 Å². The van der Waals surface area contributed by atoms with Gasteiger partial charge in [-0.3, -0.25) is 0 Å². The van der Waals surface area contributed by atoms with Crippen LogP contribution >= 0.6 is 0 Å². The quantitative estimate of drug-likeness (QED) is 0.470. The van der Waals surface area contributed by atoms with Crippen LogP contribution in [0.3, 0.4) is 0 Å². The zero-order valence-corrected chi connectivity index (χ0v) is 8.83. The lowest BCUT2D eigenvalue weighted by Crippen LogP contribution is -1.95. The second-order valence-corrected chi connectivity index (χ2v) is 4.12. The van der Waals surface area contributed by atoms with E-state index in [4.69, 9.17) is 0 Å². The Morgan fingerprint density at radius 3 is 0.833 bits per heavy atom. The van der Waals surface area contributed by atoms with Crippen LogP contribution in [-0.4, -0.2) is 0 Å². The SMILES string of the molecule is C/C1=C(\C)CC/C(C)=C(/C)CC1. The molecule has 0 aromatic carbocycles. The Balaban J connectivity index is 2.73. The van der Waals surface area contributed by atoms with E-state index in [-0.39, 0.29) is 0 Å². The highest BCUT2D eigenvalue weighted by Crippen LogP contribution is 2.25. The normalized spacial score (nSPS) is 33.0. The third kappa shape index (κ3) is 2.23. The Morgan fingerprint density at radius 2 is 0.667 bits per heavy atom. The predicted molar refractivity (Wildman–Crippen MR) is 55.2 cm³/mol. The van der Waals surface area contributed by atoms with E-state index < -0.39 is 0 Å². The summed E-state index contributed by atoms with van der Waals surface area (Å²) in [6.45, 7) is 9.12. The molecule has 0 fully saturated rings. The third-order valence-corrected chi connectivity index (χ3v) is 3.21. The van der Waals surface area contributed by atoms with E-state index >= 15 is 0 Å².